The number of nitrogens with one attached hydrogen (secondary N) is 1. The number of ether oxygens (including phenoxy) is 1. The van der Waals surface area contributed by atoms with Crippen molar-refractivity contribution in [2.45, 2.75) is 26.7 Å². The van der Waals surface area contributed by atoms with E-state index >= 15 is 0 Å². The fraction of sp³-hybridized carbons (Fsp3) is 0.421. The van der Waals surface area contributed by atoms with Gasteiger partial charge in [0.15, 0.2) is 0 Å². The number of carbonyl (C=O) groups is 1. The second kappa shape index (κ2) is 7.51. The van der Waals surface area contributed by atoms with Crippen LogP contribution >= 0.6 is 0 Å². The van der Waals surface area contributed by atoms with Gasteiger partial charge in [-0.2, -0.15) is 0 Å². The molecule has 1 aliphatic heterocycles. The standard InChI is InChI=1S/C19H24N4O2/c1-13-8-10-23(11-9-13)18-12-17(20-14(2)21-18)19(24)22-15-4-6-16(25-3)7-5-15/h4-7,12-13H,8-11H2,1-3H3,(H,22,24). The minimum absolute atomic E-state index is 0.234. The summed E-state index contributed by atoms with van der Waals surface area (Å²) in [5.74, 6) is 2.70. The highest BCUT2D eigenvalue weighted by Gasteiger charge is 2.19. The van der Waals surface area contributed by atoms with Crippen molar-refractivity contribution in [1.29, 1.82) is 0 Å². The first kappa shape index (κ1) is 17.2. The van der Waals surface area contributed by atoms with E-state index in [0.29, 0.717) is 17.2 Å². The summed E-state index contributed by atoms with van der Waals surface area (Å²) in [6.45, 7) is 6.03. The third-order valence-corrected chi connectivity index (χ3v) is 4.51. The molecule has 1 aliphatic rings. The number of rotatable bonds is 4. The summed E-state index contributed by atoms with van der Waals surface area (Å²) in [5, 5.41) is 2.87. The van der Waals surface area contributed by atoms with Crippen molar-refractivity contribution in [3.05, 3.63) is 41.9 Å². The summed E-state index contributed by atoms with van der Waals surface area (Å²) < 4.78 is 5.13. The molecule has 0 saturated carbocycles. The molecule has 0 atom stereocenters. The molecule has 0 aliphatic carbocycles. The molecule has 6 nitrogen and oxygen atoms in total. The maximum atomic E-state index is 12.6. The summed E-state index contributed by atoms with van der Waals surface area (Å²) in [6.07, 6.45) is 2.30. The summed E-state index contributed by atoms with van der Waals surface area (Å²) in [4.78, 5) is 23.6. The zero-order chi connectivity index (χ0) is 17.8. The van der Waals surface area contributed by atoms with Crippen LogP contribution in [-0.2, 0) is 0 Å². The fourth-order valence-electron chi connectivity index (χ4n) is 2.94. The molecule has 0 bridgehead atoms. The number of hydrogen-bond acceptors (Lipinski definition) is 5. The lowest BCUT2D eigenvalue weighted by molar-refractivity contribution is 0.102. The van der Waals surface area contributed by atoms with Crippen molar-refractivity contribution in [1.82, 2.24) is 9.97 Å². The lowest BCUT2D eigenvalue weighted by atomic mass is 9.99. The van der Waals surface area contributed by atoms with E-state index in [9.17, 15) is 4.79 Å². The van der Waals surface area contributed by atoms with Crippen molar-refractivity contribution < 1.29 is 9.53 Å². The van der Waals surface area contributed by atoms with Gasteiger partial charge in [-0.1, -0.05) is 6.92 Å². The minimum atomic E-state index is -0.234. The van der Waals surface area contributed by atoms with Crippen LogP contribution in [0.1, 0.15) is 36.1 Å². The van der Waals surface area contributed by atoms with Gasteiger partial charge in [-0.25, -0.2) is 9.97 Å². The molecule has 0 radical (unpaired) electrons. The van der Waals surface area contributed by atoms with Gasteiger partial charge in [-0.15, -0.1) is 0 Å². The van der Waals surface area contributed by atoms with E-state index < -0.39 is 0 Å². The first-order chi connectivity index (χ1) is 12.0. The molecule has 2 heterocycles. The molecule has 6 heteroatoms. The molecule has 1 aromatic carbocycles. The molecule has 1 aromatic heterocycles. The van der Waals surface area contributed by atoms with Crippen LogP contribution in [0.25, 0.3) is 0 Å². The van der Waals surface area contributed by atoms with Gasteiger partial charge in [-0.3, -0.25) is 4.79 Å². The summed E-state index contributed by atoms with van der Waals surface area (Å²) in [6, 6.07) is 9.00. The zero-order valence-corrected chi connectivity index (χ0v) is 15.0. The Hall–Kier alpha value is -2.63. The van der Waals surface area contributed by atoms with Crippen molar-refractivity contribution in [2.75, 3.05) is 30.4 Å². The molecular weight excluding hydrogens is 316 g/mol. The predicted molar refractivity (Wildman–Crippen MR) is 98.3 cm³/mol. The smallest absolute Gasteiger partial charge is 0.274 e. The van der Waals surface area contributed by atoms with Crippen LogP contribution in [0.2, 0.25) is 0 Å². The lowest BCUT2D eigenvalue weighted by Gasteiger charge is -2.31. The van der Waals surface area contributed by atoms with E-state index in [1.807, 2.05) is 6.92 Å². The van der Waals surface area contributed by atoms with E-state index in [0.717, 1.165) is 43.4 Å². The average molecular weight is 340 g/mol. The predicted octanol–water partition coefficient (Wildman–Crippen LogP) is 3.28. The van der Waals surface area contributed by atoms with Crippen LogP contribution in [0.5, 0.6) is 5.75 Å². The molecule has 132 valence electrons. The van der Waals surface area contributed by atoms with Crippen LogP contribution in [-0.4, -0.2) is 36.1 Å². The quantitative estimate of drug-likeness (QED) is 0.925. The summed E-state index contributed by atoms with van der Waals surface area (Å²) in [5.41, 5.74) is 1.09. The normalized spacial score (nSPS) is 15.1. The molecule has 1 N–H and O–H groups in total. The van der Waals surface area contributed by atoms with Crippen molar-refractivity contribution >= 4 is 17.4 Å². The van der Waals surface area contributed by atoms with Gasteiger partial charge in [-0.05, 0) is 49.9 Å². The van der Waals surface area contributed by atoms with Gasteiger partial charge in [0.1, 0.15) is 23.1 Å². The van der Waals surface area contributed by atoms with Crippen LogP contribution in [0.15, 0.2) is 30.3 Å². The number of amides is 1. The number of carbonyl (C=O) groups excluding carboxylic acids is 1. The Morgan fingerprint density at radius 2 is 1.88 bits per heavy atom. The number of anilines is 2. The first-order valence-electron chi connectivity index (χ1n) is 8.61. The summed E-state index contributed by atoms with van der Waals surface area (Å²) in [7, 11) is 1.61. The molecule has 1 saturated heterocycles. The second-order valence-corrected chi connectivity index (χ2v) is 6.51. The van der Waals surface area contributed by atoms with E-state index in [2.05, 4.69) is 27.1 Å². The first-order valence-corrected chi connectivity index (χ1v) is 8.61. The number of nitrogens with zero attached hydrogens (tertiary/aromatic N) is 3. The highest BCUT2D eigenvalue weighted by atomic mass is 16.5. The Labute approximate surface area is 148 Å². The van der Waals surface area contributed by atoms with Gasteiger partial charge in [0.2, 0.25) is 0 Å². The highest BCUT2D eigenvalue weighted by molar-refractivity contribution is 6.03. The second-order valence-electron chi connectivity index (χ2n) is 6.51. The molecule has 1 fully saturated rings. The zero-order valence-electron chi connectivity index (χ0n) is 15.0. The Kier molecular flexibility index (Phi) is 5.16. The number of benzene rings is 1. The third kappa shape index (κ3) is 4.26. The Bertz CT molecular complexity index is 738. The minimum Gasteiger partial charge on any atom is -0.497 e. The lowest BCUT2D eigenvalue weighted by Crippen LogP contribution is -2.34. The van der Waals surface area contributed by atoms with E-state index in [-0.39, 0.29) is 5.91 Å². The number of piperidine rings is 1. The van der Waals surface area contributed by atoms with Gasteiger partial charge in [0.05, 0.1) is 7.11 Å². The largest absolute Gasteiger partial charge is 0.497 e. The molecule has 3 rings (SSSR count). The summed E-state index contributed by atoms with van der Waals surface area (Å²) >= 11 is 0. The van der Waals surface area contributed by atoms with Crippen molar-refractivity contribution in [2.24, 2.45) is 5.92 Å². The van der Waals surface area contributed by atoms with E-state index in [4.69, 9.17) is 4.74 Å². The number of aromatic nitrogens is 2. The third-order valence-electron chi connectivity index (χ3n) is 4.51. The van der Waals surface area contributed by atoms with Gasteiger partial charge < -0.3 is 15.0 Å². The Balaban J connectivity index is 1.75. The maximum absolute atomic E-state index is 12.6. The fourth-order valence-corrected chi connectivity index (χ4v) is 2.94. The maximum Gasteiger partial charge on any atom is 0.274 e. The molecule has 25 heavy (non-hydrogen) atoms. The van der Waals surface area contributed by atoms with Crippen LogP contribution in [0.3, 0.4) is 0 Å². The average Bonchev–Trinajstić information content (AvgIpc) is 2.62. The van der Waals surface area contributed by atoms with Gasteiger partial charge in [0, 0.05) is 24.8 Å². The van der Waals surface area contributed by atoms with E-state index in [1.165, 1.54) is 0 Å². The number of aryl methyl sites for hydroxylation is 1. The Morgan fingerprint density at radius 1 is 1.20 bits per heavy atom. The molecule has 2 aromatic rings. The number of hydrogen-bond donors (Lipinski definition) is 1. The SMILES string of the molecule is COc1ccc(NC(=O)c2cc(N3CCC(C)CC3)nc(C)n2)cc1. The van der Waals surface area contributed by atoms with Crippen LogP contribution < -0.4 is 15.0 Å². The topological polar surface area (TPSA) is 67.3 Å². The molecular formula is C19H24N4O2. The Morgan fingerprint density at radius 3 is 2.52 bits per heavy atom. The van der Waals surface area contributed by atoms with Crippen LogP contribution in [0, 0.1) is 12.8 Å². The van der Waals surface area contributed by atoms with Crippen molar-refractivity contribution in [3.8, 4) is 5.75 Å². The number of methoxy groups -OCH3 is 1. The monoisotopic (exact) mass is 340 g/mol. The molecule has 1 amide bonds. The molecule has 0 spiro atoms. The van der Waals surface area contributed by atoms with E-state index in [1.54, 1.807) is 37.4 Å². The van der Waals surface area contributed by atoms with Crippen LogP contribution in [0.4, 0.5) is 11.5 Å². The van der Waals surface area contributed by atoms with Gasteiger partial charge >= 0.3 is 0 Å². The highest BCUT2D eigenvalue weighted by Crippen LogP contribution is 2.22. The molecule has 0 unspecified atom stereocenters. The van der Waals surface area contributed by atoms with Gasteiger partial charge in [0.25, 0.3) is 5.91 Å². The van der Waals surface area contributed by atoms with Crippen molar-refractivity contribution in [3.63, 3.8) is 0 Å².